The number of hydrogen-bond acceptors (Lipinski definition) is 7. The standard InChI is InChI=1S/C23H32F3N5O3/c1-32-15-6-20-18-22(27-31(20)19-2-4-21(5-3-19)34-23(24,25)26)30-11-9-28(10-12-30)7-8-29-13-16-33-17-14-29/h2-5,18H,6-17H2,1H3. The number of benzene rings is 1. The number of rotatable bonds is 9. The van der Waals surface area contributed by atoms with Gasteiger partial charge in [-0.2, -0.15) is 5.10 Å². The average molecular weight is 484 g/mol. The molecule has 0 amide bonds. The molecule has 188 valence electrons. The van der Waals surface area contributed by atoms with Crippen molar-refractivity contribution in [3.8, 4) is 11.4 Å². The molecule has 2 saturated heterocycles. The number of ether oxygens (including phenoxy) is 3. The van der Waals surface area contributed by atoms with Gasteiger partial charge in [0.15, 0.2) is 5.82 Å². The number of alkyl halides is 3. The normalized spacial score (nSPS) is 18.4. The molecule has 0 unspecified atom stereocenters. The lowest BCUT2D eigenvalue weighted by Gasteiger charge is -2.36. The first kappa shape index (κ1) is 24.8. The molecule has 0 saturated carbocycles. The summed E-state index contributed by atoms with van der Waals surface area (Å²) in [5.74, 6) is 0.616. The van der Waals surface area contributed by atoms with Crippen LogP contribution in [0.3, 0.4) is 0 Å². The van der Waals surface area contributed by atoms with Gasteiger partial charge in [-0.05, 0) is 24.3 Å². The first-order valence-corrected chi connectivity index (χ1v) is 11.6. The first-order chi connectivity index (χ1) is 16.4. The van der Waals surface area contributed by atoms with Gasteiger partial charge in [-0.1, -0.05) is 0 Å². The lowest BCUT2D eigenvalue weighted by Crippen LogP contribution is -2.49. The zero-order valence-electron chi connectivity index (χ0n) is 19.5. The summed E-state index contributed by atoms with van der Waals surface area (Å²) >= 11 is 0. The molecule has 0 spiro atoms. The average Bonchev–Trinajstić information content (AvgIpc) is 3.26. The minimum atomic E-state index is -4.71. The minimum absolute atomic E-state index is 0.254. The Morgan fingerprint density at radius 2 is 1.59 bits per heavy atom. The Kier molecular flexibility index (Phi) is 8.30. The molecule has 2 aromatic rings. The van der Waals surface area contributed by atoms with Crippen LogP contribution in [0.25, 0.3) is 5.69 Å². The third-order valence-electron chi connectivity index (χ3n) is 6.18. The smallest absolute Gasteiger partial charge is 0.406 e. The Balaban J connectivity index is 1.39. The van der Waals surface area contributed by atoms with Crippen LogP contribution in [0.1, 0.15) is 5.69 Å². The van der Waals surface area contributed by atoms with Crippen molar-refractivity contribution in [2.24, 2.45) is 0 Å². The maximum atomic E-state index is 12.5. The molecule has 8 nitrogen and oxygen atoms in total. The summed E-state index contributed by atoms with van der Waals surface area (Å²) in [5, 5.41) is 4.79. The second-order valence-corrected chi connectivity index (χ2v) is 8.47. The van der Waals surface area contributed by atoms with Crippen LogP contribution in [-0.4, -0.2) is 105 Å². The van der Waals surface area contributed by atoms with Crippen LogP contribution in [0.4, 0.5) is 19.0 Å². The Hall–Kier alpha value is -2.34. The number of halogens is 3. The highest BCUT2D eigenvalue weighted by Gasteiger charge is 2.31. The Morgan fingerprint density at radius 1 is 0.941 bits per heavy atom. The second-order valence-electron chi connectivity index (χ2n) is 8.47. The van der Waals surface area contributed by atoms with E-state index in [0.717, 1.165) is 77.1 Å². The van der Waals surface area contributed by atoms with Crippen LogP contribution in [0.2, 0.25) is 0 Å². The molecule has 2 aliphatic heterocycles. The Morgan fingerprint density at radius 3 is 2.21 bits per heavy atom. The molecule has 11 heteroatoms. The molecule has 1 aromatic heterocycles. The number of hydrogen-bond donors (Lipinski definition) is 0. The van der Waals surface area contributed by atoms with E-state index in [0.29, 0.717) is 18.7 Å². The van der Waals surface area contributed by atoms with Crippen LogP contribution in [0, 0.1) is 0 Å². The molecule has 3 heterocycles. The van der Waals surface area contributed by atoms with E-state index < -0.39 is 6.36 Å². The van der Waals surface area contributed by atoms with Gasteiger partial charge in [0, 0.05) is 77.6 Å². The highest BCUT2D eigenvalue weighted by molar-refractivity contribution is 5.46. The summed E-state index contributed by atoms with van der Waals surface area (Å²) in [6.07, 6.45) is -4.07. The van der Waals surface area contributed by atoms with Gasteiger partial charge in [0.25, 0.3) is 0 Å². The van der Waals surface area contributed by atoms with Gasteiger partial charge >= 0.3 is 6.36 Å². The van der Waals surface area contributed by atoms with E-state index in [-0.39, 0.29) is 5.75 Å². The van der Waals surface area contributed by atoms with Crippen molar-refractivity contribution in [1.29, 1.82) is 0 Å². The van der Waals surface area contributed by atoms with E-state index in [2.05, 4.69) is 19.4 Å². The van der Waals surface area contributed by atoms with Crippen molar-refractivity contribution in [3.63, 3.8) is 0 Å². The summed E-state index contributed by atoms with van der Waals surface area (Å²) in [5.41, 5.74) is 1.62. The van der Waals surface area contributed by atoms with Crippen molar-refractivity contribution < 1.29 is 27.4 Å². The van der Waals surface area contributed by atoms with Gasteiger partial charge in [0.2, 0.25) is 0 Å². The van der Waals surface area contributed by atoms with Crippen LogP contribution < -0.4 is 9.64 Å². The van der Waals surface area contributed by atoms with Gasteiger partial charge in [-0.25, -0.2) is 4.68 Å². The third-order valence-corrected chi connectivity index (χ3v) is 6.18. The van der Waals surface area contributed by atoms with Crippen molar-refractivity contribution in [2.45, 2.75) is 12.8 Å². The van der Waals surface area contributed by atoms with Crippen LogP contribution in [-0.2, 0) is 15.9 Å². The topological polar surface area (TPSA) is 55.2 Å². The Labute approximate surface area is 197 Å². The Bertz CT molecular complexity index is 892. The van der Waals surface area contributed by atoms with Crippen molar-refractivity contribution in [3.05, 3.63) is 36.0 Å². The van der Waals surface area contributed by atoms with Gasteiger partial charge in [-0.3, -0.25) is 9.80 Å². The quantitative estimate of drug-likeness (QED) is 0.543. The van der Waals surface area contributed by atoms with Gasteiger partial charge in [-0.15, -0.1) is 13.2 Å². The largest absolute Gasteiger partial charge is 0.573 e. The lowest BCUT2D eigenvalue weighted by atomic mass is 10.2. The molecular formula is C23H32F3N5O3. The van der Waals surface area contributed by atoms with Crippen molar-refractivity contribution in [2.75, 3.05) is 84.2 Å². The van der Waals surface area contributed by atoms with E-state index >= 15 is 0 Å². The zero-order chi connectivity index (χ0) is 24.0. The summed E-state index contributed by atoms with van der Waals surface area (Å²) in [6, 6.07) is 7.81. The second kappa shape index (κ2) is 11.4. The molecule has 0 N–H and O–H groups in total. The van der Waals surface area contributed by atoms with Crippen LogP contribution in [0.5, 0.6) is 5.75 Å². The van der Waals surface area contributed by atoms with Crippen molar-refractivity contribution in [1.82, 2.24) is 19.6 Å². The van der Waals surface area contributed by atoms with Gasteiger partial charge in [0.05, 0.1) is 25.5 Å². The van der Waals surface area contributed by atoms with E-state index in [9.17, 15) is 13.2 Å². The molecule has 0 bridgehead atoms. The molecule has 0 aliphatic carbocycles. The summed E-state index contributed by atoms with van der Waals surface area (Å²) in [6.45, 7) is 9.97. The fourth-order valence-electron chi connectivity index (χ4n) is 4.27. The van der Waals surface area contributed by atoms with Gasteiger partial charge < -0.3 is 19.1 Å². The highest BCUT2D eigenvalue weighted by Crippen LogP contribution is 2.26. The molecule has 0 atom stereocenters. The number of methoxy groups -OCH3 is 1. The fourth-order valence-corrected chi connectivity index (χ4v) is 4.27. The molecule has 2 aliphatic rings. The SMILES string of the molecule is COCCc1cc(N2CCN(CCN3CCOCC3)CC2)nn1-c1ccc(OC(F)(F)F)cc1. The predicted molar refractivity (Wildman–Crippen MR) is 122 cm³/mol. The highest BCUT2D eigenvalue weighted by atomic mass is 19.4. The molecule has 0 radical (unpaired) electrons. The van der Waals surface area contributed by atoms with E-state index in [4.69, 9.17) is 14.6 Å². The lowest BCUT2D eigenvalue weighted by molar-refractivity contribution is -0.274. The first-order valence-electron chi connectivity index (χ1n) is 11.6. The zero-order valence-corrected chi connectivity index (χ0v) is 19.5. The monoisotopic (exact) mass is 483 g/mol. The van der Waals surface area contributed by atoms with E-state index in [1.54, 1.807) is 23.9 Å². The molecule has 4 rings (SSSR count). The minimum Gasteiger partial charge on any atom is -0.406 e. The molecular weight excluding hydrogens is 451 g/mol. The number of piperazine rings is 1. The number of aromatic nitrogens is 2. The van der Waals surface area contributed by atoms with Crippen LogP contribution in [0.15, 0.2) is 30.3 Å². The number of nitrogens with zero attached hydrogens (tertiary/aromatic N) is 5. The summed E-state index contributed by atoms with van der Waals surface area (Å²) < 4.78 is 53.8. The van der Waals surface area contributed by atoms with Crippen LogP contribution >= 0.6 is 0 Å². The fraction of sp³-hybridized carbons (Fsp3) is 0.609. The maximum Gasteiger partial charge on any atom is 0.573 e. The summed E-state index contributed by atoms with van der Waals surface area (Å²) in [7, 11) is 1.64. The van der Waals surface area contributed by atoms with Crippen molar-refractivity contribution >= 4 is 5.82 Å². The summed E-state index contributed by atoms with van der Waals surface area (Å²) in [4.78, 5) is 7.19. The number of morpholine rings is 1. The molecule has 1 aromatic carbocycles. The predicted octanol–water partition coefficient (Wildman–Crippen LogP) is 2.41. The van der Waals surface area contributed by atoms with E-state index in [1.807, 2.05) is 6.07 Å². The molecule has 34 heavy (non-hydrogen) atoms. The van der Waals surface area contributed by atoms with Gasteiger partial charge in [0.1, 0.15) is 5.75 Å². The maximum absolute atomic E-state index is 12.5. The molecule has 2 fully saturated rings. The third kappa shape index (κ3) is 6.84. The van der Waals surface area contributed by atoms with E-state index in [1.165, 1.54) is 12.1 Å². The number of anilines is 1.